The Balaban J connectivity index is 1.62. The molecule has 0 unspecified atom stereocenters. The van der Waals surface area contributed by atoms with Gasteiger partial charge in [-0.25, -0.2) is 4.79 Å². The fourth-order valence-electron chi connectivity index (χ4n) is 4.92. The van der Waals surface area contributed by atoms with Gasteiger partial charge < -0.3 is 10.2 Å². The van der Waals surface area contributed by atoms with Crippen LogP contribution in [0.25, 0.3) is 0 Å². The maximum Gasteiger partial charge on any atom is 0.328 e. The monoisotopic (exact) mass is 467 g/mol. The molecule has 0 aliphatic heterocycles. The lowest BCUT2D eigenvalue weighted by atomic mass is 9.75. The van der Waals surface area contributed by atoms with Gasteiger partial charge in [-0.1, -0.05) is 81.4 Å². The topological polar surface area (TPSA) is 90.1 Å². The van der Waals surface area contributed by atoms with Crippen molar-refractivity contribution in [2.24, 2.45) is 11.7 Å². The molecular formula is C25H30FN3O3Si. The van der Waals surface area contributed by atoms with E-state index in [4.69, 9.17) is 10.2 Å². The van der Waals surface area contributed by atoms with Crippen molar-refractivity contribution in [2.45, 2.75) is 44.3 Å². The van der Waals surface area contributed by atoms with Gasteiger partial charge in [0.2, 0.25) is 5.82 Å². The minimum atomic E-state index is -2.68. The van der Waals surface area contributed by atoms with Gasteiger partial charge in [0.15, 0.2) is 0 Å². The number of aromatic amines is 1. The predicted molar refractivity (Wildman–Crippen MR) is 130 cm³/mol. The Labute approximate surface area is 193 Å². The van der Waals surface area contributed by atoms with Crippen molar-refractivity contribution in [3.63, 3.8) is 0 Å². The molecule has 3 atom stereocenters. The summed E-state index contributed by atoms with van der Waals surface area (Å²) in [5, 5.41) is 2.22. The zero-order valence-corrected chi connectivity index (χ0v) is 20.1. The van der Waals surface area contributed by atoms with Gasteiger partial charge >= 0.3 is 5.69 Å². The van der Waals surface area contributed by atoms with E-state index in [1.165, 1.54) is 14.9 Å². The molecule has 3 N–H and O–H groups in total. The van der Waals surface area contributed by atoms with Gasteiger partial charge in [0.1, 0.15) is 0 Å². The van der Waals surface area contributed by atoms with E-state index < -0.39 is 25.4 Å². The van der Waals surface area contributed by atoms with E-state index >= 15 is 0 Å². The van der Waals surface area contributed by atoms with Crippen LogP contribution in [0.4, 0.5) is 4.39 Å². The van der Waals surface area contributed by atoms with Crippen molar-refractivity contribution in [1.29, 1.82) is 0 Å². The molecule has 1 saturated carbocycles. The Kier molecular flexibility index (Phi) is 6.26. The first-order valence-corrected chi connectivity index (χ1v) is 13.1. The number of nitrogens with two attached hydrogens (primary N) is 1. The van der Waals surface area contributed by atoms with Crippen molar-refractivity contribution in [3.05, 3.63) is 93.5 Å². The van der Waals surface area contributed by atoms with Crippen LogP contribution in [0.1, 0.15) is 33.2 Å². The fourth-order valence-corrected chi connectivity index (χ4v) is 9.54. The second kappa shape index (κ2) is 8.85. The quantitative estimate of drug-likeness (QED) is 0.544. The van der Waals surface area contributed by atoms with Gasteiger partial charge in [-0.05, 0) is 21.8 Å². The van der Waals surface area contributed by atoms with Crippen LogP contribution in [0, 0.1) is 11.7 Å². The van der Waals surface area contributed by atoms with Gasteiger partial charge in [-0.15, -0.1) is 0 Å². The van der Waals surface area contributed by atoms with E-state index in [1.807, 2.05) is 41.4 Å². The second-order valence-electron chi connectivity index (χ2n) is 9.76. The Morgan fingerprint density at radius 1 is 1.06 bits per heavy atom. The molecule has 0 bridgehead atoms. The summed E-state index contributed by atoms with van der Waals surface area (Å²) >= 11 is 0. The molecule has 1 aliphatic carbocycles. The molecule has 0 amide bonds. The summed E-state index contributed by atoms with van der Waals surface area (Å²) in [7, 11) is -2.68. The molecular weight excluding hydrogens is 437 g/mol. The van der Waals surface area contributed by atoms with Gasteiger partial charge in [0.05, 0.1) is 12.2 Å². The number of rotatable bonds is 6. The van der Waals surface area contributed by atoms with Crippen molar-refractivity contribution in [1.82, 2.24) is 9.55 Å². The maximum absolute atomic E-state index is 13.8. The number of H-pyrrole nitrogens is 1. The van der Waals surface area contributed by atoms with Crippen LogP contribution in [0.2, 0.25) is 5.04 Å². The van der Waals surface area contributed by atoms with Crippen LogP contribution in [-0.2, 0) is 4.43 Å². The highest BCUT2D eigenvalue weighted by Gasteiger charge is 2.51. The summed E-state index contributed by atoms with van der Waals surface area (Å²) in [5.74, 6) is -0.979. The zero-order valence-electron chi connectivity index (χ0n) is 19.1. The third-order valence-electron chi connectivity index (χ3n) is 6.75. The van der Waals surface area contributed by atoms with Crippen LogP contribution in [0.5, 0.6) is 0 Å². The molecule has 3 aromatic rings. The van der Waals surface area contributed by atoms with Crippen LogP contribution in [0.3, 0.4) is 0 Å². The van der Waals surface area contributed by atoms with E-state index in [-0.39, 0.29) is 23.0 Å². The molecule has 8 heteroatoms. The summed E-state index contributed by atoms with van der Waals surface area (Å²) in [4.78, 5) is 25.5. The fraction of sp³-hybridized carbons (Fsp3) is 0.360. The van der Waals surface area contributed by atoms with Crippen molar-refractivity contribution in [2.75, 3.05) is 6.61 Å². The molecule has 174 valence electrons. The largest absolute Gasteiger partial charge is 0.407 e. The zero-order chi connectivity index (χ0) is 23.8. The third-order valence-corrected chi connectivity index (χ3v) is 11.8. The van der Waals surface area contributed by atoms with Gasteiger partial charge in [-0.2, -0.15) is 4.39 Å². The summed E-state index contributed by atoms with van der Waals surface area (Å²) in [6, 6.07) is 19.9. The Hall–Kier alpha value is -2.81. The minimum absolute atomic E-state index is 0.0125. The minimum Gasteiger partial charge on any atom is -0.407 e. The molecule has 1 fully saturated rings. The van der Waals surface area contributed by atoms with Crippen molar-refractivity contribution < 1.29 is 8.82 Å². The molecule has 1 heterocycles. The first kappa shape index (κ1) is 23.3. The van der Waals surface area contributed by atoms with E-state index in [9.17, 15) is 14.0 Å². The standard InChI is InChI=1S/C25H30FN3O3Si/c1-25(2,3)33(18-10-6-4-7-11-18,19-12-8-5-9-13-19)32-16-17-14-21(22(17)27)29-15-20(26)23(30)28-24(29)31/h4-13,15,17,21-22H,14,16,27H2,1-3H3,(H,28,30,31)/t17-,21-,22-/m1/s1. The smallest absolute Gasteiger partial charge is 0.328 e. The lowest BCUT2D eigenvalue weighted by molar-refractivity contribution is 0.0853. The van der Waals surface area contributed by atoms with Gasteiger partial charge in [-0.3, -0.25) is 14.3 Å². The Morgan fingerprint density at radius 3 is 2.09 bits per heavy atom. The lowest BCUT2D eigenvalue weighted by Crippen LogP contribution is -2.67. The number of halogens is 1. The van der Waals surface area contributed by atoms with Gasteiger partial charge in [0.25, 0.3) is 13.9 Å². The number of nitrogens with zero attached hydrogens (tertiary/aromatic N) is 1. The van der Waals surface area contributed by atoms with Crippen molar-refractivity contribution in [3.8, 4) is 0 Å². The molecule has 6 nitrogen and oxygen atoms in total. The average Bonchev–Trinajstić information content (AvgIpc) is 2.79. The summed E-state index contributed by atoms with van der Waals surface area (Å²) < 4.78 is 21.9. The SMILES string of the molecule is CC(C)(C)[Si](OC[C@H]1C[C@@H](n2cc(F)c(=O)[nH]c2=O)[C@@H]1N)(c1ccccc1)c1ccccc1. The summed E-state index contributed by atoms with van der Waals surface area (Å²) in [6.45, 7) is 7.08. The molecule has 1 aliphatic rings. The highest BCUT2D eigenvalue weighted by Crippen LogP contribution is 2.40. The first-order valence-electron chi connectivity index (χ1n) is 11.2. The number of aromatic nitrogens is 2. The van der Waals surface area contributed by atoms with E-state index in [2.05, 4.69) is 45.0 Å². The number of hydrogen-bond acceptors (Lipinski definition) is 4. The average molecular weight is 468 g/mol. The van der Waals surface area contributed by atoms with E-state index in [0.29, 0.717) is 13.0 Å². The Bertz CT molecular complexity index is 1180. The number of benzene rings is 2. The van der Waals surface area contributed by atoms with Crippen LogP contribution in [-0.4, -0.2) is 30.5 Å². The molecule has 1 aromatic heterocycles. The summed E-state index contributed by atoms with van der Waals surface area (Å²) in [5.41, 5.74) is 4.77. The van der Waals surface area contributed by atoms with Crippen LogP contribution >= 0.6 is 0 Å². The number of nitrogens with one attached hydrogen (secondary N) is 1. The molecule has 4 rings (SSSR count). The van der Waals surface area contributed by atoms with Gasteiger partial charge in [0, 0.05) is 18.6 Å². The molecule has 0 spiro atoms. The Morgan fingerprint density at radius 2 is 1.61 bits per heavy atom. The second-order valence-corrected chi connectivity index (χ2v) is 14.1. The maximum atomic E-state index is 13.8. The summed E-state index contributed by atoms with van der Waals surface area (Å²) in [6.07, 6.45) is 1.52. The molecule has 0 saturated heterocycles. The highest BCUT2D eigenvalue weighted by molar-refractivity contribution is 6.99. The van der Waals surface area contributed by atoms with Crippen LogP contribution < -0.4 is 27.4 Å². The van der Waals surface area contributed by atoms with Crippen LogP contribution in [0.15, 0.2) is 76.4 Å². The van der Waals surface area contributed by atoms with Crippen molar-refractivity contribution >= 4 is 18.7 Å². The highest BCUT2D eigenvalue weighted by atomic mass is 28.4. The first-order chi connectivity index (χ1) is 15.6. The molecule has 33 heavy (non-hydrogen) atoms. The molecule has 0 radical (unpaired) electrons. The predicted octanol–water partition coefficient (Wildman–Crippen LogP) is 2.14. The normalized spacial score (nSPS) is 20.9. The number of hydrogen-bond donors (Lipinski definition) is 2. The lowest BCUT2D eigenvalue weighted by Gasteiger charge is -2.47. The third kappa shape index (κ3) is 4.14. The van der Waals surface area contributed by atoms with E-state index in [0.717, 1.165) is 6.20 Å². The molecule has 2 aromatic carbocycles. The van der Waals surface area contributed by atoms with E-state index in [1.54, 1.807) is 0 Å².